The molecule has 0 fully saturated rings. The molecule has 0 radical (unpaired) electrons. The summed E-state index contributed by atoms with van der Waals surface area (Å²) >= 11 is 0. The number of unbranched alkanes of at least 4 members (excludes halogenated alkanes) is 5. The van der Waals surface area contributed by atoms with Crippen LogP contribution in [0.3, 0.4) is 0 Å². The zero-order valence-electron chi connectivity index (χ0n) is 23.3. The Hall–Kier alpha value is -1.66. The molecule has 0 saturated carbocycles. The standard InChI is InChI=1S/C29H50O6/c1-8-17-24-21-20-23(22-25(24)27(31)33-35-29(5,6)7)18-15-13-11-9-10-12-14-16-19-26(30)32-34-28(2,3)4/h13,15,20-21,23-25H,8-12,14,16-19,22H2,1-7H3. The van der Waals surface area contributed by atoms with Gasteiger partial charge in [0.1, 0.15) is 11.2 Å². The highest BCUT2D eigenvalue weighted by atomic mass is 17.2. The van der Waals surface area contributed by atoms with E-state index in [0.717, 1.165) is 64.2 Å². The van der Waals surface area contributed by atoms with E-state index < -0.39 is 11.2 Å². The smallest absolute Gasteiger partial charge is 0.298 e. The van der Waals surface area contributed by atoms with Crippen LogP contribution in [0.5, 0.6) is 0 Å². The van der Waals surface area contributed by atoms with Gasteiger partial charge in [-0.05, 0) is 91.9 Å². The molecular weight excluding hydrogens is 444 g/mol. The quantitative estimate of drug-likeness (QED) is 0.1000. The SMILES string of the molecule is CCCC1C=CC(CC=CCCCCCCCC(=O)OOC(C)(C)C)CC1C(=O)OOC(C)(C)C. The molecule has 1 aliphatic rings. The van der Waals surface area contributed by atoms with Crippen molar-refractivity contribution in [3.05, 3.63) is 24.3 Å². The highest BCUT2D eigenvalue weighted by molar-refractivity contribution is 5.72. The third-order valence-corrected chi connectivity index (χ3v) is 5.74. The monoisotopic (exact) mass is 494 g/mol. The lowest BCUT2D eigenvalue weighted by atomic mass is 9.76. The van der Waals surface area contributed by atoms with Gasteiger partial charge in [0, 0.05) is 6.42 Å². The van der Waals surface area contributed by atoms with E-state index in [9.17, 15) is 9.59 Å². The van der Waals surface area contributed by atoms with Crippen LogP contribution in [0.1, 0.15) is 119 Å². The fourth-order valence-corrected chi connectivity index (χ4v) is 3.98. The van der Waals surface area contributed by atoms with Crippen molar-refractivity contribution >= 4 is 11.9 Å². The Morgan fingerprint density at radius 2 is 1.49 bits per heavy atom. The second-order valence-electron chi connectivity index (χ2n) is 11.7. The van der Waals surface area contributed by atoms with Crippen LogP contribution in [0.15, 0.2) is 24.3 Å². The van der Waals surface area contributed by atoms with Gasteiger partial charge in [0.05, 0.1) is 5.92 Å². The van der Waals surface area contributed by atoms with E-state index in [-0.39, 0.29) is 23.8 Å². The maximum Gasteiger partial charge on any atom is 0.346 e. The highest BCUT2D eigenvalue weighted by Gasteiger charge is 2.34. The molecule has 0 spiro atoms. The lowest BCUT2D eigenvalue weighted by Crippen LogP contribution is -2.32. The summed E-state index contributed by atoms with van der Waals surface area (Å²) in [6.07, 6.45) is 19.5. The van der Waals surface area contributed by atoms with Crippen molar-refractivity contribution in [1.29, 1.82) is 0 Å². The lowest BCUT2D eigenvalue weighted by molar-refractivity contribution is -0.324. The minimum atomic E-state index is -0.505. The number of hydrogen-bond acceptors (Lipinski definition) is 6. The zero-order valence-corrected chi connectivity index (χ0v) is 23.3. The molecule has 0 aromatic carbocycles. The van der Waals surface area contributed by atoms with Gasteiger partial charge in [0.15, 0.2) is 0 Å². The number of hydrogen-bond donors (Lipinski definition) is 0. The Labute approximate surface area is 213 Å². The fraction of sp³-hybridized carbons (Fsp3) is 0.793. The predicted octanol–water partition coefficient (Wildman–Crippen LogP) is 7.82. The molecule has 0 heterocycles. The van der Waals surface area contributed by atoms with E-state index in [0.29, 0.717) is 12.3 Å². The molecule has 0 saturated heterocycles. The first kappa shape index (κ1) is 31.4. The summed E-state index contributed by atoms with van der Waals surface area (Å²) in [5.74, 6) is -0.0969. The first-order valence-corrected chi connectivity index (χ1v) is 13.5. The van der Waals surface area contributed by atoms with Gasteiger partial charge in [-0.25, -0.2) is 9.59 Å². The Morgan fingerprint density at radius 1 is 0.857 bits per heavy atom. The molecule has 35 heavy (non-hydrogen) atoms. The summed E-state index contributed by atoms with van der Waals surface area (Å²) in [6.45, 7) is 13.3. The Kier molecular flexibility index (Phi) is 14.5. The first-order chi connectivity index (χ1) is 16.4. The molecule has 3 atom stereocenters. The third-order valence-electron chi connectivity index (χ3n) is 5.74. The molecular formula is C29H50O6. The van der Waals surface area contributed by atoms with Gasteiger partial charge in [-0.3, -0.25) is 9.78 Å². The van der Waals surface area contributed by atoms with Crippen molar-refractivity contribution in [2.24, 2.45) is 17.8 Å². The minimum Gasteiger partial charge on any atom is -0.298 e. The molecule has 0 N–H and O–H groups in total. The molecule has 0 bridgehead atoms. The number of carbonyl (C=O) groups is 2. The van der Waals surface area contributed by atoms with Crippen molar-refractivity contribution in [1.82, 2.24) is 0 Å². The lowest BCUT2D eigenvalue weighted by Gasteiger charge is -2.30. The third kappa shape index (κ3) is 15.8. The van der Waals surface area contributed by atoms with Crippen molar-refractivity contribution in [3.8, 4) is 0 Å². The van der Waals surface area contributed by atoms with E-state index in [2.05, 4.69) is 31.2 Å². The number of carbonyl (C=O) groups excluding carboxylic acids is 2. The predicted molar refractivity (Wildman–Crippen MR) is 139 cm³/mol. The van der Waals surface area contributed by atoms with Crippen LogP contribution in [-0.4, -0.2) is 23.1 Å². The first-order valence-electron chi connectivity index (χ1n) is 13.5. The summed E-state index contributed by atoms with van der Waals surface area (Å²) in [4.78, 5) is 44.6. The number of allylic oxidation sites excluding steroid dienone is 4. The van der Waals surface area contributed by atoms with E-state index in [1.165, 1.54) is 0 Å². The molecule has 0 aliphatic heterocycles. The topological polar surface area (TPSA) is 71.1 Å². The maximum atomic E-state index is 12.7. The van der Waals surface area contributed by atoms with Gasteiger partial charge in [-0.15, -0.1) is 0 Å². The van der Waals surface area contributed by atoms with Crippen LogP contribution in [0.2, 0.25) is 0 Å². The molecule has 1 rings (SSSR count). The molecule has 0 aromatic rings. The van der Waals surface area contributed by atoms with E-state index in [1.54, 1.807) is 0 Å². The summed E-state index contributed by atoms with van der Waals surface area (Å²) in [6, 6.07) is 0. The van der Waals surface area contributed by atoms with Crippen molar-refractivity contribution < 1.29 is 29.1 Å². The van der Waals surface area contributed by atoms with Crippen LogP contribution >= 0.6 is 0 Å². The van der Waals surface area contributed by atoms with Gasteiger partial charge in [-0.2, -0.15) is 9.78 Å². The maximum absolute atomic E-state index is 12.7. The van der Waals surface area contributed by atoms with Crippen molar-refractivity contribution in [3.63, 3.8) is 0 Å². The molecule has 0 aromatic heterocycles. The molecule has 0 amide bonds. The van der Waals surface area contributed by atoms with Crippen LogP contribution < -0.4 is 0 Å². The molecule has 6 heteroatoms. The largest absolute Gasteiger partial charge is 0.346 e. The van der Waals surface area contributed by atoms with Gasteiger partial charge in [0.25, 0.3) is 0 Å². The van der Waals surface area contributed by atoms with Crippen molar-refractivity contribution in [2.45, 2.75) is 130 Å². The minimum absolute atomic E-state index is 0.141. The fourth-order valence-electron chi connectivity index (χ4n) is 3.98. The van der Waals surface area contributed by atoms with Crippen LogP contribution in [0.4, 0.5) is 0 Å². The summed E-state index contributed by atoms with van der Waals surface area (Å²) in [5.41, 5.74) is -0.974. The number of rotatable bonds is 15. The zero-order chi connectivity index (χ0) is 26.3. The van der Waals surface area contributed by atoms with Crippen LogP contribution in [0.25, 0.3) is 0 Å². The second-order valence-corrected chi connectivity index (χ2v) is 11.7. The molecule has 3 unspecified atom stereocenters. The van der Waals surface area contributed by atoms with E-state index in [4.69, 9.17) is 19.6 Å². The highest BCUT2D eigenvalue weighted by Crippen LogP contribution is 2.34. The molecule has 202 valence electrons. The molecule has 6 nitrogen and oxygen atoms in total. The van der Waals surface area contributed by atoms with Gasteiger partial charge < -0.3 is 0 Å². The second kappa shape index (κ2) is 16.2. The summed E-state index contributed by atoms with van der Waals surface area (Å²) in [7, 11) is 0. The normalized spacial score (nSPS) is 20.8. The van der Waals surface area contributed by atoms with E-state index in [1.807, 2.05) is 41.5 Å². The average Bonchev–Trinajstić information content (AvgIpc) is 2.77. The van der Waals surface area contributed by atoms with Crippen LogP contribution in [-0.2, 0) is 29.1 Å². The van der Waals surface area contributed by atoms with E-state index >= 15 is 0 Å². The summed E-state index contributed by atoms with van der Waals surface area (Å²) in [5, 5.41) is 0. The van der Waals surface area contributed by atoms with Crippen LogP contribution in [0, 0.1) is 17.8 Å². The van der Waals surface area contributed by atoms with Gasteiger partial charge >= 0.3 is 11.9 Å². The van der Waals surface area contributed by atoms with Gasteiger partial charge in [0.2, 0.25) is 0 Å². The average molecular weight is 495 g/mol. The Balaban J connectivity index is 2.23. The van der Waals surface area contributed by atoms with Crippen molar-refractivity contribution in [2.75, 3.05) is 0 Å². The Morgan fingerprint density at radius 3 is 2.14 bits per heavy atom. The summed E-state index contributed by atoms with van der Waals surface area (Å²) < 4.78 is 0. The molecule has 1 aliphatic carbocycles. The van der Waals surface area contributed by atoms with Gasteiger partial charge in [-0.1, -0.05) is 56.9 Å². The Bertz CT molecular complexity index is 668.